The molecule has 0 aromatic carbocycles. The van der Waals surface area contributed by atoms with Crippen LogP contribution in [0.25, 0.3) is 0 Å². The minimum Gasteiger partial charge on any atom is -0.354 e. The van der Waals surface area contributed by atoms with Gasteiger partial charge in [-0.2, -0.15) is 4.98 Å². The Morgan fingerprint density at radius 1 is 1.42 bits per heavy atom. The third-order valence-electron chi connectivity index (χ3n) is 3.53. The second-order valence-corrected chi connectivity index (χ2v) is 5.82. The zero-order valence-electron chi connectivity index (χ0n) is 12.6. The predicted molar refractivity (Wildman–Crippen MR) is 80.8 cm³/mol. The van der Waals surface area contributed by atoms with Gasteiger partial charge in [0.05, 0.1) is 0 Å². The summed E-state index contributed by atoms with van der Waals surface area (Å²) in [6.45, 7) is 10.8. The molecule has 0 amide bonds. The van der Waals surface area contributed by atoms with E-state index in [-0.39, 0.29) is 0 Å². The normalized spacial score (nSPS) is 14.8. The SMILES string of the molecule is CCCNc1ncc(C)c(N(CC2CC2)C(C)C)n1. The average molecular weight is 262 g/mol. The van der Waals surface area contributed by atoms with Gasteiger partial charge in [-0.15, -0.1) is 0 Å². The summed E-state index contributed by atoms with van der Waals surface area (Å²) in [6, 6.07) is 0.480. The zero-order valence-corrected chi connectivity index (χ0v) is 12.6. The van der Waals surface area contributed by atoms with E-state index in [9.17, 15) is 0 Å². The lowest BCUT2D eigenvalue weighted by Crippen LogP contribution is -2.34. The van der Waals surface area contributed by atoms with Gasteiger partial charge in [0.2, 0.25) is 5.95 Å². The fraction of sp³-hybridized carbons (Fsp3) is 0.733. The van der Waals surface area contributed by atoms with E-state index in [2.05, 4.69) is 42.9 Å². The number of aryl methyl sites for hydroxylation is 1. The Bertz CT molecular complexity index is 413. The van der Waals surface area contributed by atoms with E-state index in [1.165, 1.54) is 12.8 Å². The van der Waals surface area contributed by atoms with Gasteiger partial charge in [0.25, 0.3) is 0 Å². The highest BCUT2D eigenvalue weighted by atomic mass is 15.2. The van der Waals surface area contributed by atoms with Gasteiger partial charge in [-0.1, -0.05) is 6.92 Å². The van der Waals surface area contributed by atoms with E-state index in [1.807, 2.05) is 6.20 Å². The summed E-state index contributed by atoms with van der Waals surface area (Å²) in [6.07, 6.45) is 5.76. The molecule has 0 spiro atoms. The first-order valence-electron chi connectivity index (χ1n) is 7.46. The Balaban J connectivity index is 2.18. The van der Waals surface area contributed by atoms with Gasteiger partial charge in [-0.25, -0.2) is 4.98 Å². The molecule has 1 fully saturated rings. The van der Waals surface area contributed by atoms with Crippen molar-refractivity contribution in [3.8, 4) is 0 Å². The lowest BCUT2D eigenvalue weighted by Gasteiger charge is -2.29. The fourth-order valence-corrected chi connectivity index (χ4v) is 2.17. The van der Waals surface area contributed by atoms with Crippen LogP contribution in [0.2, 0.25) is 0 Å². The maximum atomic E-state index is 4.72. The third-order valence-corrected chi connectivity index (χ3v) is 3.53. The Morgan fingerprint density at radius 3 is 2.74 bits per heavy atom. The summed E-state index contributed by atoms with van der Waals surface area (Å²) >= 11 is 0. The molecule has 106 valence electrons. The van der Waals surface area contributed by atoms with Crippen molar-refractivity contribution >= 4 is 11.8 Å². The van der Waals surface area contributed by atoms with Crippen LogP contribution < -0.4 is 10.2 Å². The zero-order chi connectivity index (χ0) is 13.8. The van der Waals surface area contributed by atoms with Crippen LogP contribution in [0.15, 0.2) is 6.20 Å². The van der Waals surface area contributed by atoms with Crippen molar-refractivity contribution < 1.29 is 0 Å². The molecule has 1 aromatic rings. The second-order valence-electron chi connectivity index (χ2n) is 5.82. The standard InChI is InChI=1S/C15H26N4/c1-5-8-16-15-17-9-12(4)14(18-15)19(11(2)3)10-13-6-7-13/h9,11,13H,5-8,10H2,1-4H3,(H,16,17,18). The number of nitrogens with zero attached hydrogens (tertiary/aromatic N) is 3. The lowest BCUT2D eigenvalue weighted by molar-refractivity contribution is 0.634. The van der Waals surface area contributed by atoms with Crippen LogP contribution in [0.1, 0.15) is 45.6 Å². The molecule has 0 atom stereocenters. The monoisotopic (exact) mass is 262 g/mol. The quantitative estimate of drug-likeness (QED) is 0.819. The highest BCUT2D eigenvalue weighted by molar-refractivity contribution is 5.49. The molecule has 1 aliphatic rings. The highest BCUT2D eigenvalue weighted by Crippen LogP contribution is 2.32. The summed E-state index contributed by atoms with van der Waals surface area (Å²) in [5.41, 5.74) is 1.16. The van der Waals surface area contributed by atoms with Gasteiger partial charge in [-0.3, -0.25) is 0 Å². The summed E-state index contributed by atoms with van der Waals surface area (Å²) in [5, 5.41) is 3.28. The van der Waals surface area contributed by atoms with Gasteiger partial charge in [0.1, 0.15) is 5.82 Å². The average Bonchev–Trinajstić information content (AvgIpc) is 3.19. The van der Waals surface area contributed by atoms with Crippen LogP contribution in [0.5, 0.6) is 0 Å². The molecule has 0 bridgehead atoms. The van der Waals surface area contributed by atoms with Crippen molar-refractivity contribution in [3.05, 3.63) is 11.8 Å². The maximum Gasteiger partial charge on any atom is 0.224 e. The van der Waals surface area contributed by atoms with E-state index in [0.717, 1.165) is 42.8 Å². The van der Waals surface area contributed by atoms with Crippen molar-refractivity contribution in [2.75, 3.05) is 23.3 Å². The van der Waals surface area contributed by atoms with Gasteiger partial charge < -0.3 is 10.2 Å². The molecular weight excluding hydrogens is 236 g/mol. The Kier molecular flexibility index (Phi) is 4.61. The number of aromatic nitrogens is 2. The van der Waals surface area contributed by atoms with Crippen LogP contribution in [0, 0.1) is 12.8 Å². The van der Waals surface area contributed by atoms with Gasteiger partial charge in [0.15, 0.2) is 0 Å². The molecule has 0 unspecified atom stereocenters. The van der Waals surface area contributed by atoms with Crippen molar-refractivity contribution in [1.82, 2.24) is 9.97 Å². The minimum absolute atomic E-state index is 0.480. The molecule has 1 heterocycles. The summed E-state index contributed by atoms with van der Waals surface area (Å²) in [5.74, 6) is 2.71. The van der Waals surface area contributed by atoms with E-state index in [4.69, 9.17) is 4.98 Å². The first-order valence-corrected chi connectivity index (χ1v) is 7.46. The third kappa shape index (κ3) is 3.82. The van der Waals surface area contributed by atoms with Gasteiger partial charge >= 0.3 is 0 Å². The smallest absolute Gasteiger partial charge is 0.224 e. The second kappa shape index (κ2) is 6.22. The molecule has 2 rings (SSSR count). The molecular formula is C15H26N4. The van der Waals surface area contributed by atoms with Crippen molar-refractivity contribution in [2.45, 2.75) is 53.0 Å². The van der Waals surface area contributed by atoms with Gasteiger partial charge in [0, 0.05) is 30.9 Å². The van der Waals surface area contributed by atoms with E-state index in [0.29, 0.717) is 6.04 Å². The van der Waals surface area contributed by atoms with E-state index < -0.39 is 0 Å². The van der Waals surface area contributed by atoms with Crippen LogP contribution in [-0.4, -0.2) is 29.1 Å². The number of anilines is 2. The van der Waals surface area contributed by atoms with Crippen LogP contribution in [-0.2, 0) is 0 Å². The number of hydrogen-bond acceptors (Lipinski definition) is 4. The fourth-order valence-electron chi connectivity index (χ4n) is 2.17. The van der Waals surface area contributed by atoms with Gasteiger partial charge in [-0.05, 0) is 46.0 Å². The highest BCUT2D eigenvalue weighted by Gasteiger charge is 2.27. The topological polar surface area (TPSA) is 41.1 Å². The molecule has 0 aliphatic heterocycles. The van der Waals surface area contributed by atoms with E-state index in [1.54, 1.807) is 0 Å². The predicted octanol–water partition coefficient (Wildman–Crippen LogP) is 3.23. The van der Waals surface area contributed by atoms with Crippen molar-refractivity contribution in [1.29, 1.82) is 0 Å². The molecule has 4 heteroatoms. The number of nitrogens with one attached hydrogen (secondary N) is 1. The summed E-state index contributed by atoms with van der Waals surface area (Å²) < 4.78 is 0. The van der Waals surface area contributed by atoms with Crippen molar-refractivity contribution in [3.63, 3.8) is 0 Å². The molecule has 1 aliphatic carbocycles. The molecule has 0 radical (unpaired) electrons. The van der Waals surface area contributed by atoms with Crippen LogP contribution >= 0.6 is 0 Å². The van der Waals surface area contributed by atoms with Crippen LogP contribution in [0.4, 0.5) is 11.8 Å². The molecule has 1 N–H and O–H groups in total. The van der Waals surface area contributed by atoms with Crippen LogP contribution in [0.3, 0.4) is 0 Å². The molecule has 1 saturated carbocycles. The summed E-state index contributed by atoms with van der Waals surface area (Å²) in [7, 11) is 0. The number of rotatable bonds is 7. The minimum atomic E-state index is 0.480. The first-order chi connectivity index (χ1) is 9.11. The Hall–Kier alpha value is -1.32. The maximum absolute atomic E-state index is 4.72. The largest absolute Gasteiger partial charge is 0.354 e. The molecule has 19 heavy (non-hydrogen) atoms. The van der Waals surface area contributed by atoms with Crippen molar-refractivity contribution in [2.24, 2.45) is 5.92 Å². The first kappa shape index (κ1) is 14.1. The summed E-state index contributed by atoms with van der Waals surface area (Å²) in [4.78, 5) is 11.5. The Morgan fingerprint density at radius 2 is 2.16 bits per heavy atom. The van der Waals surface area contributed by atoms with E-state index >= 15 is 0 Å². The Labute approximate surface area is 116 Å². The molecule has 4 nitrogen and oxygen atoms in total. The number of hydrogen-bond donors (Lipinski definition) is 1. The molecule has 1 aromatic heterocycles. The lowest BCUT2D eigenvalue weighted by atomic mass is 10.2. The molecule has 0 saturated heterocycles.